The second-order valence-corrected chi connectivity index (χ2v) is 6.25. The quantitative estimate of drug-likeness (QED) is 0.740. The van der Waals surface area contributed by atoms with Gasteiger partial charge in [-0.2, -0.15) is 0 Å². The van der Waals surface area contributed by atoms with Gasteiger partial charge in [0.25, 0.3) is 5.91 Å². The summed E-state index contributed by atoms with van der Waals surface area (Å²) in [7, 11) is 3.21. The summed E-state index contributed by atoms with van der Waals surface area (Å²) in [6.07, 6.45) is 1.22. The smallest absolute Gasteiger partial charge is 0.258 e. The molecule has 6 nitrogen and oxygen atoms in total. The molecule has 0 radical (unpaired) electrons. The van der Waals surface area contributed by atoms with Crippen LogP contribution in [0.4, 0.5) is 5.69 Å². The van der Waals surface area contributed by atoms with Crippen LogP contribution in [0.5, 0.6) is 11.5 Å². The number of nitrogens with zero attached hydrogens (tertiary/aromatic N) is 1. The van der Waals surface area contributed by atoms with Gasteiger partial charge in [-0.05, 0) is 36.4 Å². The Morgan fingerprint density at radius 2 is 1.78 bits per heavy atom. The molecule has 0 fully saturated rings. The Labute approximate surface area is 157 Å². The van der Waals surface area contributed by atoms with Gasteiger partial charge in [0.1, 0.15) is 23.4 Å². The Bertz CT molecular complexity index is 930. The number of hydrogen-bond donors (Lipinski definition) is 1. The lowest BCUT2D eigenvalue weighted by Crippen LogP contribution is -2.42. The number of anilines is 1. The third-order valence-electron chi connectivity index (χ3n) is 4.62. The van der Waals surface area contributed by atoms with Crippen molar-refractivity contribution in [2.24, 2.45) is 0 Å². The zero-order valence-electron chi connectivity index (χ0n) is 15.1. The molecule has 138 valence electrons. The average molecular weight is 364 g/mol. The van der Waals surface area contributed by atoms with Gasteiger partial charge < -0.3 is 24.1 Å². The van der Waals surface area contributed by atoms with Crippen molar-refractivity contribution in [3.05, 3.63) is 77.7 Å². The van der Waals surface area contributed by atoms with Gasteiger partial charge in [-0.3, -0.25) is 4.79 Å². The molecule has 2 heterocycles. The first-order valence-corrected chi connectivity index (χ1v) is 8.61. The van der Waals surface area contributed by atoms with E-state index >= 15 is 0 Å². The van der Waals surface area contributed by atoms with Crippen molar-refractivity contribution < 1.29 is 18.7 Å². The Kier molecular flexibility index (Phi) is 4.46. The summed E-state index contributed by atoms with van der Waals surface area (Å²) in [6, 6.07) is 16.8. The normalized spacial score (nSPS) is 15.9. The maximum absolute atomic E-state index is 13.2. The van der Waals surface area contributed by atoms with E-state index in [1.807, 2.05) is 48.5 Å². The molecule has 1 aromatic heterocycles. The summed E-state index contributed by atoms with van der Waals surface area (Å²) >= 11 is 0. The van der Waals surface area contributed by atoms with Crippen LogP contribution in [0.25, 0.3) is 0 Å². The van der Waals surface area contributed by atoms with Gasteiger partial charge in [0.05, 0.1) is 32.6 Å². The standard InChI is InChI=1S/C21H20N2O4/c1-25-16-10-14(11-17(12-16)26-2)20-22-19-8-4-3-7-18(19)21(24)23(20)13-15-6-5-9-27-15/h3-12,20,22H,13H2,1-2H3. The highest BCUT2D eigenvalue weighted by molar-refractivity contribution is 6.01. The molecule has 0 bridgehead atoms. The lowest BCUT2D eigenvalue weighted by Gasteiger charge is -2.38. The third-order valence-corrected chi connectivity index (χ3v) is 4.62. The highest BCUT2D eigenvalue weighted by atomic mass is 16.5. The average Bonchev–Trinajstić information content (AvgIpc) is 3.22. The molecule has 1 unspecified atom stereocenters. The number of hydrogen-bond acceptors (Lipinski definition) is 5. The first-order chi connectivity index (χ1) is 13.2. The van der Waals surface area contributed by atoms with Crippen LogP contribution in [0.3, 0.4) is 0 Å². The summed E-state index contributed by atoms with van der Waals surface area (Å²) in [5.74, 6) is 1.97. The van der Waals surface area contributed by atoms with E-state index in [1.54, 1.807) is 31.4 Å². The SMILES string of the molecule is COc1cc(OC)cc(C2Nc3ccccc3C(=O)N2Cc2ccco2)c1. The minimum absolute atomic E-state index is 0.0625. The number of carbonyl (C=O) groups excluding carboxylic acids is 1. The van der Waals surface area contributed by atoms with Gasteiger partial charge in [0, 0.05) is 17.3 Å². The summed E-state index contributed by atoms with van der Waals surface area (Å²) in [5, 5.41) is 3.46. The fourth-order valence-corrected chi connectivity index (χ4v) is 3.28. The first kappa shape index (κ1) is 17.0. The molecule has 1 amide bonds. The Morgan fingerprint density at radius 1 is 1.04 bits per heavy atom. The zero-order chi connectivity index (χ0) is 18.8. The van der Waals surface area contributed by atoms with Crippen LogP contribution in [0.2, 0.25) is 0 Å². The molecule has 0 saturated heterocycles. The highest BCUT2D eigenvalue weighted by Crippen LogP contribution is 2.36. The molecule has 6 heteroatoms. The van der Waals surface area contributed by atoms with E-state index < -0.39 is 0 Å². The number of nitrogens with one attached hydrogen (secondary N) is 1. The number of furan rings is 1. The summed E-state index contributed by atoms with van der Waals surface area (Å²) in [4.78, 5) is 15.0. The molecule has 3 aromatic rings. The highest BCUT2D eigenvalue weighted by Gasteiger charge is 2.33. The molecule has 1 atom stereocenters. The number of benzene rings is 2. The van der Waals surface area contributed by atoms with Gasteiger partial charge in [0.2, 0.25) is 0 Å². The molecule has 27 heavy (non-hydrogen) atoms. The minimum Gasteiger partial charge on any atom is -0.497 e. The van der Waals surface area contributed by atoms with E-state index in [9.17, 15) is 4.79 Å². The van der Waals surface area contributed by atoms with E-state index in [4.69, 9.17) is 13.9 Å². The number of rotatable bonds is 5. The number of methoxy groups -OCH3 is 2. The van der Waals surface area contributed by atoms with Crippen molar-refractivity contribution in [1.82, 2.24) is 4.90 Å². The Balaban J connectivity index is 1.79. The van der Waals surface area contributed by atoms with Crippen molar-refractivity contribution in [3.63, 3.8) is 0 Å². The molecule has 0 aliphatic carbocycles. The van der Waals surface area contributed by atoms with Crippen LogP contribution in [-0.4, -0.2) is 25.0 Å². The predicted octanol–water partition coefficient (Wildman–Crippen LogP) is 4.06. The van der Waals surface area contributed by atoms with Crippen LogP contribution >= 0.6 is 0 Å². The van der Waals surface area contributed by atoms with Gasteiger partial charge in [-0.25, -0.2) is 0 Å². The number of carbonyl (C=O) groups is 1. The van der Waals surface area contributed by atoms with E-state index in [-0.39, 0.29) is 12.1 Å². The molecule has 1 aliphatic heterocycles. The Morgan fingerprint density at radius 3 is 2.44 bits per heavy atom. The van der Waals surface area contributed by atoms with Gasteiger partial charge in [-0.15, -0.1) is 0 Å². The van der Waals surface area contributed by atoms with E-state index in [0.717, 1.165) is 11.3 Å². The molecule has 4 rings (SSSR count). The van der Waals surface area contributed by atoms with Crippen LogP contribution < -0.4 is 14.8 Å². The number of amides is 1. The summed E-state index contributed by atoms with van der Waals surface area (Å²) in [6.45, 7) is 0.345. The van der Waals surface area contributed by atoms with Crippen molar-refractivity contribution in [1.29, 1.82) is 0 Å². The number of ether oxygens (including phenoxy) is 2. The maximum atomic E-state index is 13.2. The first-order valence-electron chi connectivity index (χ1n) is 8.61. The second-order valence-electron chi connectivity index (χ2n) is 6.25. The van der Waals surface area contributed by atoms with Gasteiger partial charge in [0.15, 0.2) is 0 Å². The zero-order valence-corrected chi connectivity index (χ0v) is 15.1. The van der Waals surface area contributed by atoms with Gasteiger partial charge in [-0.1, -0.05) is 12.1 Å². The lowest BCUT2D eigenvalue weighted by molar-refractivity contribution is 0.0651. The monoisotopic (exact) mass is 364 g/mol. The Hall–Kier alpha value is -3.41. The number of para-hydroxylation sites is 1. The fraction of sp³-hybridized carbons (Fsp3) is 0.190. The van der Waals surface area contributed by atoms with Crippen molar-refractivity contribution in [2.75, 3.05) is 19.5 Å². The van der Waals surface area contributed by atoms with Crippen LogP contribution in [0.1, 0.15) is 27.8 Å². The van der Waals surface area contributed by atoms with E-state index in [1.165, 1.54) is 0 Å². The van der Waals surface area contributed by atoms with Crippen molar-refractivity contribution in [3.8, 4) is 11.5 Å². The minimum atomic E-state index is -0.388. The van der Waals surface area contributed by atoms with Crippen molar-refractivity contribution in [2.45, 2.75) is 12.7 Å². The maximum Gasteiger partial charge on any atom is 0.258 e. The lowest BCUT2D eigenvalue weighted by atomic mass is 10.0. The van der Waals surface area contributed by atoms with Crippen LogP contribution in [0.15, 0.2) is 65.3 Å². The second kappa shape index (κ2) is 7.07. The molecule has 0 saturated carbocycles. The summed E-state index contributed by atoms with van der Waals surface area (Å²) in [5.41, 5.74) is 2.29. The fourth-order valence-electron chi connectivity index (χ4n) is 3.28. The molecule has 2 aromatic carbocycles. The van der Waals surface area contributed by atoms with E-state index in [2.05, 4.69) is 5.32 Å². The van der Waals surface area contributed by atoms with Crippen LogP contribution in [-0.2, 0) is 6.54 Å². The largest absolute Gasteiger partial charge is 0.497 e. The van der Waals surface area contributed by atoms with Crippen LogP contribution in [0, 0.1) is 0 Å². The molecule has 0 spiro atoms. The number of fused-ring (bicyclic) bond motifs is 1. The molecule has 1 aliphatic rings. The molecule has 1 N–H and O–H groups in total. The van der Waals surface area contributed by atoms with Crippen molar-refractivity contribution >= 4 is 11.6 Å². The molecular weight excluding hydrogens is 344 g/mol. The van der Waals surface area contributed by atoms with Gasteiger partial charge >= 0.3 is 0 Å². The molecular formula is C21H20N2O4. The summed E-state index contributed by atoms with van der Waals surface area (Å²) < 4.78 is 16.3. The predicted molar refractivity (Wildman–Crippen MR) is 101 cm³/mol. The topological polar surface area (TPSA) is 63.9 Å². The third kappa shape index (κ3) is 3.21. The van der Waals surface area contributed by atoms with E-state index in [0.29, 0.717) is 29.4 Å².